The maximum atomic E-state index is 12.1. The molecule has 0 bridgehead atoms. The SMILES string of the molecule is CC1CCN(CC(=O)c2cc(Br)sc2Br)C1. The van der Waals surface area contributed by atoms with E-state index in [0.29, 0.717) is 6.54 Å². The highest BCUT2D eigenvalue weighted by Gasteiger charge is 2.22. The highest BCUT2D eigenvalue weighted by molar-refractivity contribution is 9.12. The van der Waals surface area contributed by atoms with Crippen LogP contribution in [0, 0.1) is 5.92 Å². The van der Waals surface area contributed by atoms with E-state index in [0.717, 1.165) is 32.1 Å². The minimum atomic E-state index is 0.211. The van der Waals surface area contributed by atoms with Gasteiger partial charge in [-0.15, -0.1) is 11.3 Å². The summed E-state index contributed by atoms with van der Waals surface area (Å²) in [6.45, 7) is 4.89. The van der Waals surface area contributed by atoms with Crippen LogP contribution in [0.15, 0.2) is 13.6 Å². The van der Waals surface area contributed by atoms with E-state index in [4.69, 9.17) is 0 Å². The Labute approximate surface area is 116 Å². The number of ketones is 1. The van der Waals surface area contributed by atoms with Gasteiger partial charge in [0.2, 0.25) is 0 Å². The zero-order valence-corrected chi connectivity index (χ0v) is 13.0. The van der Waals surface area contributed by atoms with Crippen LogP contribution >= 0.6 is 43.2 Å². The van der Waals surface area contributed by atoms with Gasteiger partial charge in [0.15, 0.2) is 5.78 Å². The Balaban J connectivity index is 2.00. The van der Waals surface area contributed by atoms with Crippen LogP contribution in [0.1, 0.15) is 23.7 Å². The van der Waals surface area contributed by atoms with E-state index >= 15 is 0 Å². The van der Waals surface area contributed by atoms with Gasteiger partial charge in [0.1, 0.15) is 0 Å². The topological polar surface area (TPSA) is 20.3 Å². The van der Waals surface area contributed by atoms with Gasteiger partial charge in [0.05, 0.1) is 14.1 Å². The lowest BCUT2D eigenvalue weighted by molar-refractivity contribution is 0.0943. The number of hydrogen-bond donors (Lipinski definition) is 0. The zero-order valence-electron chi connectivity index (χ0n) is 9.00. The summed E-state index contributed by atoms with van der Waals surface area (Å²) in [4.78, 5) is 14.3. The lowest BCUT2D eigenvalue weighted by Crippen LogP contribution is -2.27. The summed E-state index contributed by atoms with van der Waals surface area (Å²) >= 11 is 8.37. The quantitative estimate of drug-likeness (QED) is 0.758. The summed E-state index contributed by atoms with van der Waals surface area (Å²) in [5, 5.41) is 0. The van der Waals surface area contributed by atoms with Crippen molar-refractivity contribution >= 4 is 49.0 Å². The smallest absolute Gasteiger partial charge is 0.178 e. The molecule has 0 spiro atoms. The summed E-state index contributed by atoms with van der Waals surface area (Å²) in [6, 6.07) is 1.90. The van der Waals surface area contributed by atoms with Gasteiger partial charge < -0.3 is 0 Å². The number of Topliss-reactive ketones (excluding diaryl/α,β-unsaturated/α-hetero) is 1. The van der Waals surface area contributed by atoms with Gasteiger partial charge in [-0.3, -0.25) is 9.69 Å². The Bertz CT molecular complexity index is 405. The predicted octanol–water partition coefficient (Wildman–Crippen LogP) is 3.80. The highest BCUT2D eigenvalue weighted by atomic mass is 79.9. The fourth-order valence-electron chi connectivity index (χ4n) is 1.99. The van der Waals surface area contributed by atoms with E-state index in [1.54, 1.807) is 11.3 Å². The number of rotatable bonds is 3. The average Bonchev–Trinajstić information content (AvgIpc) is 2.73. The molecule has 0 saturated carbocycles. The Hall–Kier alpha value is 0.290. The average molecular weight is 367 g/mol. The van der Waals surface area contributed by atoms with Crippen LogP contribution in [-0.2, 0) is 0 Å². The van der Waals surface area contributed by atoms with Gasteiger partial charge in [-0.05, 0) is 56.8 Å². The monoisotopic (exact) mass is 365 g/mol. The molecule has 1 saturated heterocycles. The molecule has 2 nitrogen and oxygen atoms in total. The lowest BCUT2D eigenvalue weighted by atomic mass is 10.2. The molecule has 1 aliphatic rings. The van der Waals surface area contributed by atoms with Crippen molar-refractivity contribution in [2.24, 2.45) is 5.92 Å². The minimum Gasteiger partial charge on any atom is -0.296 e. The third-order valence-corrected chi connectivity index (χ3v) is 5.17. The number of hydrogen-bond acceptors (Lipinski definition) is 3. The third kappa shape index (κ3) is 2.94. The first-order chi connectivity index (χ1) is 7.56. The van der Waals surface area contributed by atoms with Crippen molar-refractivity contribution < 1.29 is 4.79 Å². The number of carbonyl (C=O) groups is 1. The first-order valence-electron chi connectivity index (χ1n) is 5.26. The fourth-order valence-corrected chi connectivity index (χ4v) is 4.84. The van der Waals surface area contributed by atoms with E-state index in [1.807, 2.05) is 6.07 Å². The van der Waals surface area contributed by atoms with Crippen LogP contribution < -0.4 is 0 Å². The number of carbonyl (C=O) groups excluding carboxylic acids is 1. The second-order valence-corrected chi connectivity index (χ2v) is 8.04. The standard InChI is InChI=1S/C11H13Br2NOS/c1-7-2-3-14(5-7)6-9(15)8-4-10(12)16-11(8)13/h4,7H,2-3,5-6H2,1H3. The Kier molecular flexibility index (Phi) is 4.21. The summed E-state index contributed by atoms with van der Waals surface area (Å²) in [7, 11) is 0. The molecule has 0 N–H and O–H groups in total. The third-order valence-electron chi connectivity index (χ3n) is 2.83. The molecule has 1 aliphatic heterocycles. The maximum Gasteiger partial charge on any atom is 0.178 e. The van der Waals surface area contributed by atoms with Crippen LogP contribution in [0.2, 0.25) is 0 Å². The highest BCUT2D eigenvalue weighted by Crippen LogP contribution is 2.32. The molecular weight excluding hydrogens is 354 g/mol. The van der Waals surface area contributed by atoms with Crippen molar-refractivity contribution in [3.63, 3.8) is 0 Å². The first kappa shape index (κ1) is 12.7. The molecule has 1 atom stereocenters. The van der Waals surface area contributed by atoms with Crippen LogP contribution in [-0.4, -0.2) is 30.3 Å². The van der Waals surface area contributed by atoms with Gasteiger partial charge in [0, 0.05) is 12.1 Å². The normalized spacial score (nSPS) is 21.6. The Morgan fingerprint density at radius 2 is 2.38 bits per heavy atom. The zero-order chi connectivity index (χ0) is 11.7. The molecular formula is C11H13Br2NOS. The molecule has 1 fully saturated rings. The minimum absolute atomic E-state index is 0.211. The number of halogens is 2. The van der Waals surface area contributed by atoms with Crippen molar-refractivity contribution in [3.8, 4) is 0 Å². The van der Waals surface area contributed by atoms with Crippen molar-refractivity contribution in [1.29, 1.82) is 0 Å². The van der Waals surface area contributed by atoms with Gasteiger partial charge in [-0.1, -0.05) is 6.92 Å². The molecule has 5 heteroatoms. The van der Waals surface area contributed by atoms with Gasteiger partial charge in [0.25, 0.3) is 0 Å². The fraction of sp³-hybridized carbons (Fsp3) is 0.545. The molecule has 1 aromatic rings. The molecule has 16 heavy (non-hydrogen) atoms. The molecule has 1 unspecified atom stereocenters. The second-order valence-electron chi connectivity index (χ2n) is 4.29. The largest absolute Gasteiger partial charge is 0.296 e. The van der Waals surface area contributed by atoms with Crippen LogP contribution in [0.4, 0.5) is 0 Å². The summed E-state index contributed by atoms with van der Waals surface area (Å²) in [5.41, 5.74) is 0.802. The first-order valence-corrected chi connectivity index (χ1v) is 7.67. The van der Waals surface area contributed by atoms with Gasteiger partial charge in [-0.25, -0.2) is 0 Å². The van der Waals surface area contributed by atoms with Gasteiger partial charge >= 0.3 is 0 Å². The molecule has 0 radical (unpaired) electrons. The predicted molar refractivity (Wildman–Crippen MR) is 74.3 cm³/mol. The van der Waals surface area contributed by atoms with Crippen molar-refractivity contribution in [3.05, 3.63) is 19.2 Å². The van der Waals surface area contributed by atoms with Gasteiger partial charge in [-0.2, -0.15) is 0 Å². The van der Waals surface area contributed by atoms with E-state index in [1.165, 1.54) is 6.42 Å². The second kappa shape index (κ2) is 5.29. The molecule has 0 aromatic carbocycles. The number of likely N-dealkylation sites (tertiary alicyclic amines) is 1. The lowest BCUT2D eigenvalue weighted by Gasteiger charge is -2.13. The maximum absolute atomic E-state index is 12.1. The molecule has 2 heterocycles. The van der Waals surface area contributed by atoms with E-state index < -0.39 is 0 Å². The molecule has 0 aliphatic carbocycles. The van der Waals surface area contributed by atoms with E-state index in [-0.39, 0.29) is 5.78 Å². The van der Waals surface area contributed by atoms with Crippen LogP contribution in [0.25, 0.3) is 0 Å². The van der Waals surface area contributed by atoms with Crippen molar-refractivity contribution in [2.75, 3.05) is 19.6 Å². The molecule has 88 valence electrons. The van der Waals surface area contributed by atoms with E-state index in [9.17, 15) is 4.79 Å². The number of thiophene rings is 1. The summed E-state index contributed by atoms with van der Waals surface area (Å²) in [6.07, 6.45) is 1.21. The van der Waals surface area contributed by atoms with E-state index in [2.05, 4.69) is 43.7 Å². The van der Waals surface area contributed by atoms with Crippen molar-refractivity contribution in [1.82, 2.24) is 4.90 Å². The molecule has 1 aromatic heterocycles. The summed E-state index contributed by atoms with van der Waals surface area (Å²) < 4.78 is 1.93. The molecule has 2 rings (SSSR count). The van der Waals surface area contributed by atoms with Crippen LogP contribution in [0.3, 0.4) is 0 Å². The number of nitrogens with zero attached hydrogens (tertiary/aromatic N) is 1. The summed E-state index contributed by atoms with van der Waals surface area (Å²) in [5.74, 6) is 0.938. The van der Waals surface area contributed by atoms with Crippen LogP contribution in [0.5, 0.6) is 0 Å². The Morgan fingerprint density at radius 3 is 2.88 bits per heavy atom. The van der Waals surface area contributed by atoms with Crippen molar-refractivity contribution in [2.45, 2.75) is 13.3 Å². The molecule has 0 amide bonds. The Morgan fingerprint density at radius 1 is 1.62 bits per heavy atom.